The maximum Gasteiger partial charge on any atom is 0.414 e. The number of hydrogen-bond donors (Lipinski definition) is 1. The summed E-state index contributed by atoms with van der Waals surface area (Å²) in [4.78, 5) is 11.6. The van der Waals surface area contributed by atoms with Crippen molar-refractivity contribution in [2.24, 2.45) is 0 Å². The van der Waals surface area contributed by atoms with Crippen LogP contribution in [0.4, 0.5) is 15.1 Å². The molecule has 102 valence electrons. The van der Waals surface area contributed by atoms with Gasteiger partial charge in [-0.25, -0.2) is 9.18 Å². The Kier molecular flexibility index (Phi) is 3.54. The van der Waals surface area contributed by atoms with Gasteiger partial charge >= 0.3 is 6.09 Å². The summed E-state index contributed by atoms with van der Waals surface area (Å²) in [6.45, 7) is 5.25. The number of furan rings is 1. The van der Waals surface area contributed by atoms with Crippen LogP contribution in [0.2, 0.25) is 0 Å². The Morgan fingerprint density at radius 2 is 2.11 bits per heavy atom. The zero-order chi connectivity index (χ0) is 14.2. The smallest absolute Gasteiger partial charge is 0.414 e. The summed E-state index contributed by atoms with van der Waals surface area (Å²) in [7, 11) is 0. The van der Waals surface area contributed by atoms with E-state index < -0.39 is 17.5 Å². The minimum Gasteiger partial charge on any atom is -0.444 e. The summed E-state index contributed by atoms with van der Waals surface area (Å²) in [6, 6.07) is 4.39. The van der Waals surface area contributed by atoms with Gasteiger partial charge in [0.1, 0.15) is 5.60 Å². The molecule has 19 heavy (non-hydrogen) atoms. The van der Waals surface area contributed by atoms with Gasteiger partial charge in [0, 0.05) is 15.9 Å². The molecule has 1 heterocycles. The Bertz CT molecular complexity index is 592. The molecule has 1 amide bonds. The third kappa shape index (κ3) is 3.26. The lowest BCUT2D eigenvalue weighted by Crippen LogP contribution is -2.27. The Hall–Kier alpha value is -1.56. The first kappa shape index (κ1) is 13.9. The average molecular weight is 330 g/mol. The van der Waals surface area contributed by atoms with E-state index in [4.69, 9.17) is 9.15 Å². The van der Waals surface area contributed by atoms with Crippen LogP contribution in [-0.2, 0) is 4.74 Å². The molecule has 2 rings (SSSR count). The van der Waals surface area contributed by atoms with Crippen molar-refractivity contribution >= 4 is 38.9 Å². The average Bonchev–Trinajstić information content (AvgIpc) is 2.65. The predicted molar refractivity (Wildman–Crippen MR) is 73.7 cm³/mol. The van der Waals surface area contributed by atoms with Crippen LogP contribution >= 0.6 is 15.9 Å². The fraction of sp³-hybridized carbons (Fsp3) is 0.308. The first-order valence-electron chi connectivity index (χ1n) is 5.64. The highest BCUT2D eigenvalue weighted by atomic mass is 79.9. The van der Waals surface area contributed by atoms with Crippen molar-refractivity contribution in [1.29, 1.82) is 0 Å². The number of nitrogens with one attached hydrogen (secondary N) is 1. The molecule has 0 unspecified atom stereocenters. The zero-order valence-corrected chi connectivity index (χ0v) is 12.3. The van der Waals surface area contributed by atoms with Crippen molar-refractivity contribution in [2.75, 3.05) is 5.32 Å². The van der Waals surface area contributed by atoms with Gasteiger partial charge in [0.2, 0.25) is 5.88 Å². The molecule has 1 aromatic heterocycles. The Morgan fingerprint density at radius 1 is 1.42 bits per heavy atom. The number of carbonyl (C=O) groups is 1. The molecule has 2 aromatic rings. The molecule has 0 aliphatic heterocycles. The topological polar surface area (TPSA) is 51.5 Å². The van der Waals surface area contributed by atoms with Crippen molar-refractivity contribution in [2.45, 2.75) is 26.4 Å². The van der Waals surface area contributed by atoms with Crippen LogP contribution in [0.5, 0.6) is 0 Å². The number of anilines is 1. The summed E-state index contributed by atoms with van der Waals surface area (Å²) in [5, 5.41) is 2.97. The summed E-state index contributed by atoms with van der Waals surface area (Å²) in [5.74, 6) is -0.356. The number of rotatable bonds is 1. The number of amides is 1. The van der Waals surface area contributed by atoms with E-state index in [2.05, 4.69) is 21.2 Å². The van der Waals surface area contributed by atoms with Gasteiger partial charge in [0.15, 0.2) is 11.4 Å². The quantitative estimate of drug-likeness (QED) is 0.826. The summed E-state index contributed by atoms with van der Waals surface area (Å²) in [6.07, 6.45) is -0.650. The number of halogens is 2. The van der Waals surface area contributed by atoms with Crippen molar-refractivity contribution < 1.29 is 18.3 Å². The maximum absolute atomic E-state index is 13.5. The van der Waals surface area contributed by atoms with Gasteiger partial charge in [-0.05, 0) is 32.9 Å². The first-order chi connectivity index (χ1) is 8.76. The molecule has 1 N–H and O–H groups in total. The minimum absolute atomic E-state index is 0.0837. The van der Waals surface area contributed by atoms with E-state index in [1.807, 2.05) is 0 Å². The van der Waals surface area contributed by atoms with Gasteiger partial charge in [-0.2, -0.15) is 0 Å². The van der Waals surface area contributed by atoms with Crippen LogP contribution in [0.3, 0.4) is 0 Å². The van der Waals surface area contributed by atoms with Gasteiger partial charge in [-0.3, -0.25) is 5.32 Å². The van der Waals surface area contributed by atoms with Crippen LogP contribution in [-0.4, -0.2) is 11.7 Å². The maximum atomic E-state index is 13.5. The number of hydrogen-bond acceptors (Lipinski definition) is 3. The highest BCUT2D eigenvalue weighted by Crippen LogP contribution is 2.31. The van der Waals surface area contributed by atoms with Gasteiger partial charge in [-0.1, -0.05) is 15.9 Å². The summed E-state index contributed by atoms with van der Waals surface area (Å²) >= 11 is 3.29. The summed E-state index contributed by atoms with van der Waals surface area (Å²) < 4.78 is 24.5. The van der Waals surface area contributed by atoms with Crippen LogP contribution < -0.4 is 5.32 Å². The second-order valence-corrected chi connectivity index (χ2v) is 5.86. The molecule has 0 fully saturated rings. The molecule has 0 radical (unpaired) electrons. The Labute approximate surface area is 118 Å². The molecule has 0 bridgehead atoms. The molecule has 6 heteroatoms. The lowest BCUT2D eigenvalue weighted by molar-refractivity contribution is 0.0633. The van der Waals surface area contributed by atoms with Gasteiger partial charge < -0.3 is 9.15 Å². The fourth-order valence-electron chi connectivity index (χ4n) is 1.52. The standard InChI is InChI=1S/C13H13BrFNO3/c1-13(2,3)19-12(17)16-10-6-7-8(14)4-5-9(15)11(7)18-10/h4-6H,1-3H3,(H,16,17). The number of carbonyl (C=O) groups excluding carboxylic acids is 1. The molecular formula is C13H13BrFNO3. The molecule has 0 saturated heterocycles. The van der Waals surface area contributed by atoms with Crippen molar-refractivity contribution in [1.82, 2.24) is 0 Å². The molecule has 0 aliphatic carbocycles. The van der Waals surface area contributed by atoms with Crippen molar-refractivity contribution in [3.8, 4) is 0 Å². The molecular weight excluding hydrogens is 317 g/mol. The van der Waals surface area contributed by atoms with Gasteiger partial charge in [0.25, 0.3) is 0 Å². The Balaban J connectivity index is 2.25. The van der Waals surface area contributed by atoms with E-state index >= 15 is 0 Å². The van der Waals surface area contributed by atoms with Crippen LogP contribution in [0, 0.1) is 5.82 Å². The largest absolute Gasteiger partial charge is 0.444 e. The number of fused-ring (bicyclic) bond motifs is 1. The van der Waals surface area contributed by atoms with Crippen LogP contribution in [0.15, 0.2) is 27.1 Å². The van der Waals surface area contributed by atoms with Gasteiger partial charge in [-0.15, -0.1) is 0 Å². The first-order valence-corrected chi connectivity index (χ1v) is 6.43. The number of ether oxygens (including phenoxy) is 1. The zero-order valence-electron chi connectivity index (χ0n) is 10.7. The third-order valence-corrected chi connectivity index (χ3v) is 2.90. The Morgan fingerprint density at radius 3 is 2.68 bits per heavy atom. The van der Waals surface area contributed by atoms with E-state index in [1.54, 1.807) is 26.8 Å². The lowest BCUT2D eigenvalue weighted by Gasteiger charge is -2.18. The molecule has 0 aliphatic rings. The van der Waals surface area contributed by atoms with Crippen LogP contribution in [0.25, 0.3) is 11.0 Å². The third-order valence-electron chi connectivity index (χ3n) is 2.21. The molecule has 0 saturated carbocycles. The normalized spacial score (nSPS) is 11.6. The van der Waals surface area contributed by atoms with Gasteiger partial charge in [0.05, 0.1) is 0 Å². The lowest BCUT2D eigenvalue weighted by atomic mass is 10.2. The van der Waals surface area contributed by atoms with Crippen LogP contribution in [0.1, 0.15) is 20.8 Å². The highest BCUT2D eigenvalue weighted by molar-refractivity contribution is 9.10. The van der Waals surface area contributed by atoms with E-state index in [9.17, 15) is 9.18 Å². The van der Waals surface area contributed by atoms with E-state index in [0.29, 0.717) is 9.86 Å². The number of benzene rings is 1. The monoisotopic (exact) mass is 329 g/mol. The van der Waals surface area contributed by atoms with E-state index in [-0.39, 0.29) is 11.5 Å². The molecule has 4 nitrogen and oxygen atoms in total. The highest BCUT2D eigenvalue weighted by Gasteiger charge is 2.18. The van der Waals surface area contributed by atoms with E-state index in [1.165, 1.54) is 12.1 Å². The summed E-state index contributed by atoms with van der Waals surface area (Å²) in [5.41, 5.74) is -0.525. The SMILES string of the molecule is CC(C)(C)OC(=O)Nc1cc2c(Br)ccc(F)c2o1. The minimum atomic E-state index is -0.650. The van der Waals surface area contributed by atoms with E-state index in [0.717, 1.165) is 0 Å². The fourth-order valence-corrected chi connectivity index (χ4v) is 1.95. The second-order valence-electron chi connectivity index (χ2n) is 5.01. The molecule has 0 spiro atoms. The predicted octanol–water partition coefficient (Wildman–Crippen LogP) is 4.68. The molecule has 0 atom stereocenters. The second kappa shape index (κ2) is 4.85. The van der Waals surface area contributed by atoms with Crippen molar-refractivity contribution in [3.63, 3.8) is 0 Å². The molecule has 1 aromatic carbocycles. The van der Waals surface area contributed by atoms with Crippen molar-refractivity contribution in [3.05, 3.63) is 28.5 Å².